The van der Waals surface area contributed by atoms with Gasteiger partial charge in [-0.25, -0.2) is 4.39 Å². The summed E-state index contributed by atoms with van der Waals surface area (Å²) >= 11 is 0. The Kier molecular flexibility index (Phi) is 2.37. The molecule has 18 heavy (non-hydrogen) atoms. The number of hydrogen-bond acceptors (Lipinski definition) is 4. The smallest absolute Gasteiger partial charge is 0.231 e. The minimum atomic E-state index is -0.292. The minimum Gasteiger partial charge on any atom is -0.339 e. The zero-order valence-electron chi connectivity index (χ0n) is 9.72. The molecule has 90 valence electrons. The van der Waals surface area contributed by atoms with Crippen molar-refractivity contribution in [1.82, 2.24) is 10.1 Å². The van der Waals surface area contributed by atoms with Crippen molar-refractivity contribution >= 4 is 0 Å². The maximum absolute atomic E-state index is 13.4. The van der Waals surface area contributed by atoms with Gasteiger partial charge < -0.3 is 4.52 Å². The van der Waals surface area contributed by atoms with Crippen LogP contribution in [0.5, 0.6) is 0 Å². The summed E-state index contributed by atoms with van der Waals surface area (Å²) in [7, 11) is 0. The van der Waals surface area contributed by atoms with Gasteiger partial charge in [0.05, 0.1) is 17.9 Å². The topological polar surface area (TPSA) is 62.7 Å². The predicted molar refractivity (Wildman–Crippen MR) is 60.9 cm³/mol. The van der Waals surface area contributed by atoms with Crippen molar-refractivity contribution in [3.63, 3.8) is 0 Å². The molecule has 1 fully saturated rings. The molecule has 0 spiro atoms. The lowest BCUT2D eigenvalue weighted by Gasteiger charge is -1.97. The normalized spacial score (nSPS) is 21.6. The molecule has 1 aromatic heterocycles. The second-order valence-electron chi connectivity index (χ2n) is 4.50. The van der Waals surface area contributed by atoms with E-state index in [1.54, 1.807) is 19.1 Å². The van der Waals surface area contributed by atoms with Crippen LogP contribution in [0.1, 0.15) is 23.8 Å². The number of nitriles is 1. The molecule has 0 radical (unpaired) electrons. The summed E-state index contributed by atoms with van der Waals surface area (Å²) in [4.78, 5) is 4.22. The van der Waals surface area contributed by atoms with Gasteiger partial charge in [-0.15, -0.1) is 0 Å². The number of aryl methyl sites for hydroxylation is 1. The first-order valence-corrected chi connectivity index (χ1v) is 5.69. The lowest BCUT2D eigenvalue weighted by molar-refractivity contribution is 0.378. The standard InChI is InChI=1S/C13H10FN3O/c1-7-2-3-8(5-11(7)14)12-16-13(18-17-12)10-4-9(10)6-15/h2-3,5,9-10H,4H2,1H3. The first-order valence-electron chi connectivity index (χ1n) is 5.69. The second-order valence-corrected chi connectivity index (χ2v) is 4.50. The Morgan fingerprint density at radius 1 is 1.50 bits per heavy atom. The molecule has 0 aliphatic heterocycles. The third-order valence-corrected chi connectivity index (χ3v) is 3.15. The summed E-state index contributed by atoms with van der Waals surface area (Å²) in [5.41, 5.74) is 1.16. The molecule has 1 aliphatic carbocycles. The van der Waals surface area contributed by atoms with E-state index in [1.165, 1.54) is 6.07 Å². The summed E-state index contributed by atoms with van der Waals surface area (Å²) in [5, 5.41) is 12.6. The molecule has 0 bridgehead atoms. The fourth-order valence-electron chi connectivity index (χ4n) is 1.85. The number of halogens is 1. The number of aromatic nitrogens is 2. The minimum absolute atomic E-state index is 0.0203. The Hall–Kier alpha value is -2.22. The van der Waals surface area contributed by atoms with E-state index >= 15 is 0 Å². The number of benzene rings is 1. The zero-order valence-corrected chi connectivity index (χ0v) is 9.72. The van der Waals surface area contributed by atoms with E-state index in [0.29, 0.717) is 22.8 Å². The number of nitrogens with zero attached hydrogens (tertiary/aromatic N) is 3. The van der Waals surface area contributed by atoms with Crippen LogP contribution in [0.2, 0.25) is 0 Å². The average Bonchev–Trinajstić information content (AvgIpc) is 3.01. The quantitative estimate of drug-likeness (QED) is 0.813. The predicted octanol–water partition coefficient (Wildman–Crippen LogP) is 2.81. The summed E-state index contributed by atoms with van der Waals surface area (Å²) in [5.74, 6) is 0.574. The first-order chi connectivity index (χ1) is 8.69. The summed E-state index contributed by atoms with van der Waals surface area (Å²) < 4.78 is 18.5. The molecule has 0 N–H and O–H groups in total. The molecule has 5 heteroatoms. The maximum Gasteiger partial charge on any atom is 0.231 e. The van der Waals surface area contributed by atoms with Crippen LogP contribution in [0.3, 0.4) is 0 Å². The van der Waals surface area contributed by atoms with Crippen LogP contribution in [0, 0.1) is 30.0 Å². The second kappa shape index (κ2) is 3.91. The van der Waals surface area contributed by atoms with Crippen LogP contribution in [0.25, 0.3) is 11.4 Å². The Morgan fingerprint density at radius 3 is 3.00 bits per heavy atom. The van der Waals surface area contributed by atoms with Crippen molar-refractivity contribution in [2.45, 2.75) is 19.3 Å². The van der Waals surface area contributed by atoms with E-state index in [0.717, 1.165) is 6.42 Å². The van der Waals surface area contributed by atoms with Crippen LogP contribution in [0.15, 0.2) is 22.7 Å². The molecule has 2 aromatic rings. The van der Waals surface area contributed by atoms with Gasteiger partial charge in [0.15, 0.2) is 0 Å². The van der Waals surface area contributed by atoms with E-state index in [9.17, 15) is 4.39 Å². The van der Waals surface area contributed by atoms with Crippen molar-refractivity contribution in [1.29, 1.82) is 5.26 Å². The highest BCUT2D eigenvalue weighted by molar-refractivity contribution is 5.55. The van der Waals surface area contributed by atoms with Gasteiger partial charge >= 0.3 is 0 Å². The number of hydrogen-bond donors (Lipinski definition) is 0. The Bertz CT molecular complexity index is 644. The van der Waals surface area contributed by atoms with Gasteiger partial charge in [0, 0.05) is 5.56 Å². The molecule has 2 atom stereocenters. The molecular formula is C13H10FN3O. The van der Waals surface area contributed by atoms with Gasteiger partial charge in [0.2, 0.25) is 11.7 Å². The Balaban J connectivity index is 1.89. The first kappa shape index (κ1) is 10.9. The highest BCUT2D eigenvalue weighted by atomic mass is 19.1. The lowest BCUT2D eigenvalue weighted by Crippen LogP contribution is -1.87. The largest absolute Gasteiger partial charge is 0.339 e. The van der Waals surface area contributed by atoms with Crippen molar-refractivity contribution in [2.24, 2.45) is 5.92 Å². The van der Waals surface area contributed by atoms with Gasteiger partial charge in [-0.3, -0.25) is 0 Å². The van der Waals surface area contributed by atoms with Crippen LogP contribution >= 0.6 is 0 Å². The third-order valence-electron chi connectivity index (χ3n) is 3.15. The Morgan fingerprint density at radius 2 is 2.33 bits per heavy atom. The summed E-state index contributed by atoms with van der Waals surface area (Å²) in [6, 6.07) is 6.98. The average molecular weight is 243 g/mol. The van der Waals surface area contributed by atoms with Gasteiger partial charge in [0.25, 0.3) is 0 Å². The van der Waals surface area contributed by atoms with Gasteiger partial charge in [0.1, 0.15) is 5.82 Å². The highest BCUT2D eigenvalue weighted by Crippen LogP contribution is 2.46. The molecule has 4 nitrogen and oxygen atoms in total. The van der Waals surface area contributed by atoms with Crippen LogP contribution in [-0.4, -0.2) is 10.1 Å². The molecule has 0 saturated heterocycles. The van der Waals surface area contributed by atoms with E-state index in [4.69, 9.17) is 9.78 Å². The van der Waals surface area contributed by atoms with E-state index in [2.05, 4.69) is 16.2 Å². The highest BCUT2D eigenvalue weighted by Gasteiger charge is 2.43. The van der Waals surface area contributed by atoms with Gasteiger partial charge in [-0.2, -0.15) is 10.2 Å². The zero-order chi connectivity index (χ0) is 12.7. The van der Waals surface area contributed by atoms with Crippen molar-refractivity contribution in [3.8, 4) is 17.5 Å². The van der Waals surface area contributed by atoms with Crippen LogP contribution in [0.4, 0.5) is 4.39 Å². The van der Waals surface area contributed by atoms with Crippen molar-refractivity contribution < 1.29 is 8.91 Å². The molecule has 1 saturated carbocycles. The number of rotatable bonds is 2. The Labute approximate surface area is 103 Å². The fourth-order valence-corrected chi connectivity index (χ4v) is 1.85. The third kappa shape index (κ3) is 1.76. The van der Waals surface area contributed by atoms with E-state index in [-0.39, 0.29) is 17.7 Å². The van der Waals surface area contributed by atoms with Gasteiger partial charge in [-0.05, 0) is 25.0 Å². The van der Waals surface area contributed by atoms with Crippen LogP contribution < -0.4 is 0 Å². The maximum atomic E-state index is 13.4. The lowest BCUT2D eigenvalue weighted by atomic mass is 10.1. The summed E-state index contributed by atoms with van der Waals surface area (Å²) in [6.45, 7) is 1.70. The van der Waals surface area contributed by atoms with Gasteiger partial charge in [-0.1, -0.05) is 17.3 Å². The molecule has 2 unspecified atom stereocenters. The molecule has 0 amide bonds. The molecular weight excluding hydrogens is 233 g/mol. The summed E-state index contributed by atoms with van der Waals surface area (Å²) in [6.07, 6.45) is 0.764. The van der Waals surface area contributed by atoms with Crippen molar-refractivity contribution in [3.05, 3.63) is 35.5 Å². The SMILES string of the molecule is Cc1ccc(-c2noc(C3CC3C#N)n2)cc1F. The molecule has 3 rings (SSSR count). The van der Waals surface area contributed by atoms with Crippen molar-refractivity contribution in [2.75, 3.05) is 0 Å². The van der Waals surface area contributed by atoms with Crippen LogP contribution in [-0.2, 0) is 0 Å². The molecule has 1 heterocycles. The van der Waals surface area contributed by atoms with E-state index in [1.807, 2.05) is 0 Å². The van der Waals surface area contributed by atoms with E-state index < -0.39 is 0 Å². The molecule has 1 aromatic carbocycles. The monoisotopic (exact) mass is 243 g/mol. The fraction of sp³-hybridized carbons (Fsp3) is 0.308. The molecule has 1 aliphatic rings.